The summed E-state index contributed by atoms with van der Waals surface area (Å²) in [6.45, 7) is 0. The highest BCUT2D eigenvalue weighted by molar-refractivity contribution is 5.90. The van der Waals surface area contributed by atoms with Gasteiger partial charge in [-0.05, 0) is 36.5 Å². The van der Waals surface area contributed by atoms with Crippen LogP contribution < -0.4 is 5.73 Å². The van der Waals surface area contributed by atoms with Gasteiger partial charge in [0.15, 0.2) is 0 Å². The van der Waals surface area contributed by atoms with Gasteiger partial charge < -0.3 is 10.5 Å². The first-order chi connectivity index (χ1) is 7.13. The van der Waals surface area contributed by atoms with Crippen LogP contribution in [0.1, 0.15) is 34.7 Å². The number of carbonyl (C=O) groups is 1. The Labute approximate surface area is 87.0 Å². The lowest BCUT2D eigenvalue weighted by Gasteiger charge is -2.07. The van der Waals surface area contributed by atoms with E-state index in [-0.39, 0.29) is 11.3 Å². The largest absolute Gasteiger partial charge is 0.465 e. The molecule has 1 fully saturated rings. The summed E-state index contributed by atoms with van der Waals surface area (Å²) < 4.78 is 17.9. The number of anilines is 1. The van der Waals surface area contributed by atoms with E-state index in [1.807, 2.05) is 0 Å². The summed E-state index contributed by atoms with van der Waals surface area (Å²) in [5, 5.41) is 0. The highest BCUT2D eigenvalue weighted by atomic mass is 19.1. The number of hydrogen-bond donors (Lipinski definition) is 1. The fourth-order valence-corrected chi connectivity index (χ4v) is 1.61. The third-order valence-electron chi connectivity index (χ3n) is 2.60. The molecular weight excluding hydrogens is 197 g/mol. The van der Waals surface area contributed by atoms with Crippen molar-refractivity contribution < 1.29 is 13.9 Å². The predicted molar refractivity (Wildman–Crippen MR) is 54.1 cm³/mol. The van der Waals surface area contributed by atoms with Gasteiger partial charge in [-0.1, -0.05) is 0 Å². The summed E-state index contributed by atoms with van der Waals surface area (Å²) >= 11 is 0. The molecule has 1 saturated carbocycles. The van der Waals surface area contributed by atoms with E-state index in [9.17, 15) is 9.18 Å². The molecule has 0 aromatic heterocycles. The van der Waals surface area contributed by atoms with Crippen molar-refractivity contribution in [1.82, 2.24) is 0 Å². The molecule has 1 aromatic carbocycles. The maximum atomic E-state index is 13.4. The van der Waals surface area contributed by atoms with Gasteiger partial charge in [0.25, 0.3) is 0 Å². The van der Waals surface area contributed by atoms with Crippen molar-refractivity contribution in [1.29, 1.82) is 0 Å². The number of halogens is 1. The Morgan fingerprint density at radius 3 is 2.73 bits per heavy atom. The minimum Gasteiger partial charge on any atom is -0.465 e. The topological polar surface area (TPSA) is 52.3 Å². The zero-order valence-electron chi connectivity index (χ0n) is 8.42. The smallest absolute Gasteiger partial charge is 0.337 e. The molecule has 0 radical (unpaired) electrons. The number of rotatable bonds is 2. The predicted octanol–water partition coefficient (Wildman–Crippen LogP) is 2.07. The fourth-order valence-electron chi connectivity index (χ4n) is 1.61. The molecule has 1 aliphatic rings. The number of carbonyl (C=O) groups excluding carboxylic acids is 1. The summed E-state index contributed by atoms with van der Waals surface area (Å²) in [4.78, 5) is 11.2. The zero-order valence-corrected chi connectivity index (χ0v) is 8.42. The average molecular weight is 209 g/mol. The summed E-state index contributed by atoms with van der Waals surface area (Å²) in [7, 11) is 1.27. The second kappa shape index (κ2) is 3.53. The molecule has 0 unspecified atom stereocenters. The molecular formula is C11H12FNO2. The Balaban J connectivity index is 2.45. The normalized spacial score (nSPS) is 15.1. The lowest BCUT2D eigenvalue weighted by Crippen LogP contribution is -2.05. The molecule has 0 spiro atoms. The molecule has 0 amide bonds. The molecule has 3 nitrogen and oxygen atoms in total. The number of nitrogen functional groups attached to an aromatic ring is 1. The van der Waals surface area contributed by atoms with E-state index in [0.29, 0.717) is 5.92 Å². The third-order valence-corrected chi connectivity index (χ3v) is 2.60. The van der Waals surface area contributed by atoms with Crippen molar-refractivity contribution in [2.24, 2.45) is 0 Å². The van der Waals surface area contributed by atoms with Crippen LogP contribution in [0, 0.1) is 5.82 Å². The van der Waals surface area contributed by atoms with Crippen molar-refractivity contribution in [3.8, 4) is 0 Å². The van der Waals surface area contributed by atoms with Crippen LogP contribution in [0.15, 0.2) is 12.1 Å². The van der Waals surface area contributed by atoms with Crippen molar-refractivity contribution in [3.63, 3.8) is 0 Å². The molecule has 0 saturated heterocycles. The van der Waals surface area contributed by atoms with Crippen LogP contribution in [0.4, 0.5) is 10.1 Å². The van der Waals surface area contributed by atoms with Crippen LogP contribution in [-0.2, 0) is 4.74 Å². The van der Waals surface area contributed by atoms with Gasteiger partial charge >= 0.3 is 5.97 Å². The molecule has 2 N–H and O–H groups in total. The summed E-state index contributed by atoms with van der Waals surface area (Å²) in [5.41, 5.74) is 6.72. The van der Waals surface area contributed by atoms with Crippen LogP contribution in [0.2, 0.25) is 0 Å². The zero-order chi connectivity index (χ0) is 11.0. The molecule has 1 aliphatic carbocycles. The lowest BCUT2D eigenvalue weighted by molar-refractivity contribution is 0.0600. The molecule has 1 aromatic rings. The SMILES string of the molecule is COC(=O)c1cc(F)c(N)c(C2CC2)c1. The maximum absolute atomic E-state index is 13.4. The van der Waals surface area contributed by atoms with Crippen LogP contribution in [-0.4, -0.2) is 13.1 Å². The molecule has 0 atom stereocenters. The standard InChI is InChI=1S/C11H12FNO2/c1-15-11(14)7-4-8(6-2-3-6)10(13)9(12)5-7/h4-6H,2-3,13H2,1H3. The summed E-state index contributed by atoms with van der Waals surface area (Å²) in [5.74, 6) is -0.764. The first-order valence-electron chi connectivity index (χ1n) is 4.80. The van der Waals surface area contributed by atoms with Crippen molar-refractivity contribution >= 4 is 11.7 Å². The summed E-state index contributed by atoms with van der Waals surface area (Å²) in [6, 6.07) is 2.74. The van der Waals surface area contributed by atoms with E-state index in [2.05, 4.69) is 4.74 Å². The minimum atomic E-state index is -0.542. The fraction of sp³-hybridized carbons (Fsp3) is 0.364. The van der Waals surface area contributed by atoms with Gasteiger partial charge in [0.2, 0.25) is 0 Å². The lowest BCUT2D eigenvalue weighted by atomic mass is 10.0. The number of esters is 1. The van der Waals surface area contributed by atoms with Gasteiger partial charge in [-0.15, -0.1) is 0 Å². The van der Waals surface area contributed by atoms with Gasteiger partial charge in [-0.2, -0.15) is 0 Å². The maximum Gasteiger partial charge on any atom is 0.337 e. The van der Waals surface area contributed by atoms with Crippen LogP contribution in [0.3, 0.4) is 0 Å². The van der Waals surface area contributed by atoms with E-state index >= 15 is 0 Å². The Kier molecular flexibility index (Phi) is 2.34. The minimum absolute atomic E-state index is 0.158. The van der Waals surface area contributed by atoms with Crippen LogP contribution in [0.5, 0.6) is 0 Å². The van der Waals surface area contributed by atoms with Gasteiger partial charge in [0.1, 0.15) is 5.82 Å². The molecule has 4 heteroatoms. The Bertz CT molecular complexity index is 413. The molecule has 0 bridgehead atoms. The van der Waals surface area contributed by atoms with Gasteiger partial charge in [-0.25, -0.2) is 9.18 Å². The molecule has 15 heavy (non-hydrogen) atoms. The number of hydrogen-bond acceptors (Lipinski definition) is 3. The van der Waals surface area contributed by atoms with Crippen molar-refractivity contribution in [2.45, 2.75) is 18.8 Å². The quantitative estimate of drug-likeness (QED) is 0.599. The van der Waals surface area contributed by atoms with E-state index in [0.717, 1.165) is 24.5 Å². The van der Waals surface area contributed by atoms with Crippen molar-refractivity contribution in [3.05, 3.63) is 29.1 Å². The van der Waals surface area contributed by atoms with Crippen LogP contribution >= 0.6 is 0 Å². The Morgan fingerprint density at radius 2 is 2.20 bits per heavy atom. The van der Waals surface area contributed by atoms with Gasteiger partial charge in [-0.3, -0.25) is 0 Å². The number of ether oxygens (including phenoxy) is 1. The van der Waals surface area contributed by atoms with E-state index in [1.54, 1.807) is 6.07 Å². The first kappa shape index (κ1) is 9.96. The van der Waals surface area contributed by atoms with E-state index in [4.69, 9.17) is 5.73 Å². The van der Waals surface area contributed by atoms with E-state index in [1.165, 1.54) is 7.11 Å². The van der Waals surface area contributed by atoms with Gasteiger partial charge in [0.05, 0.1) is 18.4 Å². The van der Waals surface area contributed by atoms with Gasteiger partial charge in [0, 0.05) is 0 Å². The summed E-state index contributed by atoms with van der Waals surface area (Å²) in [6.07, 6.45) is 2.02. The third kappa shape index (κ3) is 1.79. The highest BCUT2D eigenvalue weighted by Gasteiger charge is 2.28. The first-order valence-corrected chi connectivity index (χ1v) is 4.80. The molecule has 0 heterocycles. The molecule has 80 valence electrons. The highest BCUT2D eigenvalue weighted by Crippen LogP contribution is 2.43. The number of benzene rings is 1. The average Bonchev–Trinajstić information content (AvgIpc) is 3.04. The number of nitrogens with two attached hydrogens (primary N) is 1. The van der Waals surface area contributed by atoms with Crippen LogP contribution in [0.25, 0.3) is 0 Å². The number of methoxy groups -OCH3 is 1. The Hall–Kier alpha value is -1.58. The van der Waals surface area contributed by atoms with Crippen molar-refractivity contribution in [2.75, 3.05) is 12.8 Å². The molecule has 0 aliphatic heterocycles. The second-order valence-electron chi connectivity index (χ2n) is 3.73. The van der Waals surface area contributed by atoms with E-state index < -0.39 is 11.8 Å². The monoisotopic (exact) mass is 209 g/mol. The molecule has 2 rings (SSSR count). The second-order valence-corrected chi connectivity index (χ2v) is 3.73. The Morgan fingerprint density at radius 1 is 1.53 bits per heavy atom.